The van der Waals surface area contributed by atoms with Gasteiger partial charge in [0.25, 0.3) is 0 Å². The van der Waals surface area contributed by atoms with Gasteiger partial charge in [-0.15, -0.1) is 0 Å². The molecule has 4 aromatic rings. The van der Waals surface area contributed by atoms with Crippen molar-refractivity contribution < 1.29 is 9.53 Å². The summed E-state index contributed by atoms with van der Waals surface area (Å²) in [5, 5.41) is 5.83. The molecule has 2 aromatic heterocycles. The number of nitrogens with zero attached hydrogens (tertiary/aromatic N) is 5. The summed E-state index contributed by atoms with van der Waals surface area (Å²) in [5.74, 6) is 2.25. The Balaban J connectivity index is 1.42. The van der Waals surface area contributed by atoms with Crippen LogP contribution >= 0.6 is 11.8 Å². The lowest BCUT2D eigenvalue weighted by atomic mass is 10.1. The van der Waals surface area contributed by atoms with E-state index in [1.807, 2.05) is 70.4 Å². The van der Waals surface area contributed by atoms with Gasteiger partial charge in [-0.25, -0.2) is 14.6 Å². The Hall–Kier alpha value is -3.39. The lowest BCUT2D eigenvalue weighted by Gasteiger charge is -2.16. The van der Waals surface area contributed by atoms with Gasteiger partial charge in [0.2, 0.25) is 5.91 Å². The van der Waals surface area contributed by atoms with Gasteiger partial charge in [-0.1, -0.05) is 18.2 Å². The average Bonchev–Trinajstić information content (AvgIpc) is 3.46. The molecule has 8 heteroatoms. The van der Waals surface area contributed by atoms with Crippen LogP contribution in [0.2, 0.25) is 0 Å². The van der Waals surface area contributed by atoms with E-state index in [0.29, 0.717) is 12.3 Å². The molecule has 32 heavy (non-hydrogen) atoms. The number of amides is 1. The van der Waals surface area contributed by atoms with Gasteiger partial charge in [-0.2, -0.15) is 16.9 Å². The molecule has 0 radical (unpaired) electrons. The summed E-state index contributed by atoms with van der Waals surface area (Å²) < 4.78 is 7.87. The molecule has 1 aliphatic rings. The molecule has 162 valence electrons. The zero-order valence-corrected chi connectivity index (χ0v) is 18.5. The number of benzene rings is 2. The van der Waals surface area contributed by atoms with E-state index >= 15 is 0 Å². The van der Waals surface area contributed by atoms with Gasteiger partial charge >= 0.3 is 0 Å². The fourth-order valence-corrected chi connectivity index (χ4v) is 4.47. The second-order valence-electron chi connectivity index (χ2n) is 7.71. The third kappa shape index (κ3) is 4.05. The maximum absolute atomic E-state index is 12.3. The topological polar surface area (TPSA) is 73.1 Å². The molecule has 0 aliphatic carbocycles. The van der Waals surface area contributed by atoms with Crippen LogP contribution < -0.4 is 4.74 Å². The summed E-state index contributed by atoms with van der Waals surface area (Å²) in [5.41, 5.74) is 2.60. The summed E-state index contributed by atoms with van der Waals surface area (Å²) in [6.45, 7) is 1.40. The summed E-state index contributed by atoms with van der Waals surface area (Å²) in [6.07, 6.45) is 6.17. The van der Waals surface area contributed by atoms with Crippen LogP contribution in [0, 0.1) is 0 Å². The minimum absolute atomic E-state index is 0.104. The normalized spacial score (nSPS) is 15.9. The molecule has 0 bridgehead atoms. The second-order valence-corrected chi connectivity index (χ2v) is 8.57. The zero-order chi connectivity index (χ0) is 21.9. The molecule has 1 atom stereocenters. The van der Waals surface area contributed by atoms with E-state index in [0.717, 1.165) is 46.8 Å². The number of rotatable bonds is 6. The molecule has 1 aliphatic heterocycles. The predicted molar refractivity (Wildman–Crippen MR) is 126 cm³/mol. The van der Waals surface area contributed by atoms with E-state index in [2.05, 4.69) is 9.97 Å². The number of para-hydroxylation sites is 1. The van der Waals surface area contributed by atoms with Crippen molar-refractivity contribution in [3.63, 3.8) is 0 Å². The number of thioether (sulfide) groups is 1. The number of ether oxygens (including phenoxy) is 1. The lowest BCUT2D eigenvalue weighted by Crippen LogP contribution is -2.30. The van der Waals surface area contributed by atoms with E-state index in [1.165, 1.54) is 0 Å². The smallest absolute Gasteiger partial charge is 0.232 e. The Bertz CT molecular complexity index is 1230. The molecule has 3 heterocycles. The van der Waals surface area contributed by atoms with Crippen molar-refractivity contribution in [1.29, 1.82) is 0 Å². The largest absolute Gasteiger partial charge is 0.457 e. The van der Waals surface area contributed by atoms with Crippen LogP contribution in [-0.4, -0.2) is 55.7 Å². The second kappa shape index (κ2) is 9.00. The Morgan fingerprint density at radius 2 is 1.91 bits per heavy atom. The summed E-state index contributed by atoms with van der Waals surface area (Å²) in [7, 11) is 0. The fourth-order valence-electron chi connectivity index (χ4n) is 4.04. The number of hydrogen-bond donors (Lipinski definition) is 0. The number of fused-ring (bicyclic) bond motifs is 1. The van der Waals surface area contributed by atoms with Crippen LogP contribution in [0.1, 0.15) is 12.5 Å². The molecular weight excluding hydrogens is 422 g/mol. The van der Waals surface area contributed by atoms with Crippen molar-refractivity contribution >= 4 is 28.7 Å². The quantitative estimate of drug-likeness (QED) is 0.437. The number of likely N-dealkylation sites (tertiary alicyclic amines) is 1. The van der Waals surface area contributed by atoms with E-state index < -0.39 is 0 Å². The van der Waals surface area contributed by atoms with Crippen molar-refractivity contribution in [2.45, 2.75) is 12.5 Å². The minimum Gasteiger partial charge on any atom is -0.457 e. The molecule has 7 nitrogen and oxygen atoms in total. The van der Waals surface area contributed by atoms with Gasteiger partial charge in [-0.3, -0.25) is 4.79 Å². The molecule has 1 saturated heterocycles. The Labute approximate surface area is 190 Å². The lowest BCUT2D eigenvalue weighted by molar-refractivity contribution is -0.127. The number of hydrogen-bond acceptors (Lipinski definition) is 6. The standard InChI is InChI=1S/C24H23N5O2S/c1-32-15-22(30)28-12-11-18(14-28)29-24-21(13-25-16-26-24)23(27-29)17-7-9-20(10-8-17)31-19-5-3-2-4-6-19/h2-10,13,16,18H,11-12,14-15H2,1H3. The highest BCUT2D eigenvalue weighted by Crippen LogP contribution is 2.32. The van der Waals surface area contributed by atoms with Crippen molar-refractivity contribution in [2.75, 3.05) is 25.1 Å². The van der Waals surface area contributed by atoms with Crippen LogP contribution in [0.25, 0.3) is 22.3 Å². The molecule has 1 unspecified atom stereocenters. The number of aromatic nitrogens is 4. The maximum Gasteiger partial charge on any atom is 0.232 e. The van der Waals surface area contributed by atoms with Gasteiger partial charge in [0.05, 0.1) is 17.2 Å². The van der Waals surface area contributed by atoms with Crippen molar-refractivity contribution in [1.82, 2.24) is 24.6 Å². The first-order valence-corrected chi connectivity index (χ1v) is 11.9. The van der Waals surface area contributed by atoms with E-state index in [-0.39, 0.29) is 11.9 Å². The molecule has 1 amide bonds. The first-order chi connectivity index (χ1) is 15.7. The summed E-state index contributed by atoms with van der Waals surface area (Å²) in [6, 6.07) is 17.7. The fraction of sp³-hybridized carbons (Fsp3) is 0.250. The van der Waals surface area contributed by atoms with E-state index in [9.17, 15) is 4.79 Å². The third-order valence-corrected chi connectivity index (χ3v) is 6.14. The highest BCUT2D eigenvalue weighted by atomic mass is 32.2. The van der Waals surface area contributed by atoms with Crippen molar-refractivity contribution in [3.8, 4) is 22.8 Å². The number of carbonyl (C=O) groups excluding carboxylic acids is 1. The Morgan fingerprint density at radius 3 is 2.69 bits per heavy atom. The molecule has 0 saturated carbocycles. The van der Waals surface area contributed by atoms with Crippen molar-refractivity contribution in [3.05, 3.63) is 67.1 Å². The first kappa shape index (κ1) is 20.5. The van der Waals surface area contributed by atoms with Gasteiger partial charge < -0.3 is 9.64 Å². The van der Waals surface area contributed by atoms with Crippen LogP contribution in [0.15, 0.2) is 67.1 Å². The summed E-state index contributed by atoms with van der Waals surface area (Å²) >= 11 is 1.55. The molecule has 1 fully saturated rings. The summed E-state index contributed by atoms with van der Waals surface area (Å²) in [4.78, 5) is 23.0. The Kier molecular flexibility index (Phi) is 5.77. The van der Waals surface area contributed by atoms with Gasteiger partial charge in [0.1, 0.15) is 23.5 Å². The SMILES string of the molecule is CSCC(=O)N1CCC(n2nc(-c3ccc(Oc4ccccc4)cc3)c3cncnc32)C1. The highest BCUT2D eigenvalue weighted by molar-refractivity contribution is 7.99. The van der Waals surface area contributed by atoms with Crippen LogP contribution in [-0.2, 0) is 4.79 Å². The van der Waals surface area contributed by atoms with Crippen molar-refractivity contribution in [2.24, 2.45) is 0 Å². The molecular formula is C24H23N5O2S. The number of carbonyl (C=O) groups is 1. The Morgan fingerprint density at radius 1 is 1.12 bits per heavy atom. The molecule has 0 spiro atoms. The first-order valence-electron chi connectivity index (χ1n) is 10.5. The van der Waals surface area contributed by atoms with Gasteiger partial charge in [-0.05, 0) is 49.1 Å². The van der Waals surface area contributed by atoms with E-state index in [4.69, 9.17) is 9.84 Å². The van der Waals surface area contributed by atoms with Crippen LogP contribution in [0.4, 0.5) is 0 Å². The molecule has 0 N–H and O–H groups in total. The van der Waals surface area contributed by atoms with Crippen LogP contribution in [0.5, 0.6) is 11.5 Å². The van der Waals surface area contributed by atoms with Crippen LogP contribution in [0.3, 0.4) is 0 Å². The highest BCUT2D eigenvalue weighted by Gasteiger charge is 2.30. The van der Waals surface area contributed by atoms with Gasteiger partial charge in [0.15, 0.2) is 5.65 Å². The molecule has 5 rings (SSSR count). The average molecular weight is 446 g/mol. The monoisotopic (exact) mass is 445 g/mol. The minimum atomic E-state index is 0.104. The van der Waals surface area contributed by atoms with Gasteiger partial charge in [0, 0.05) is 24.8 Å². The third-order valence-electron chi connectivity index (χ3n) is 5.61. The van der Waals surface area contributed by atoms with E-state index in [1.54, 1.807) is 24.3 Å². The predicted octanol–water partition coefficient (Wildman–Crippen LogP) is 4.42. The molecule has 2 aromatic carbocycles. The maximum atomic E-state index is 12.3. The zero-order valence-electron chi connectivity index (χ0n) is 17.7.